The molecular weight excluding hydrogens is 394 g/mol. The predicted molar refractivity (Wildman–Crippen MR) is 119 cm³/mol. The van der Waals surface area contributed by atoms with E-state index in [2.05, 4.69) is 6.07 Å². The van der Waals surface area contributed by atoms with E-state index in [9.17, 15) is 10.1 Å². The summed E-state index contributed by atoms with van der Waals surface area (Å²) in [5.74, 6) is 1.10. The molecular formula is C24H21N3O2S. The number of hydrogen-bond donors (Lipinski definition) is 0. The number of aromatic nitrogens is 2. The number of thioether (sulfide) groups is 1. The fraction of sp³-hybridized carbons (Fsp3) is 0.208. The normalized spacial score (nSPS) is 11.0. The van der Waals surface area contributed by atoms with Crippen LogP contribution >= 0.6 is 11.8 Å². The molecule has 0 atom stereocenters. The Labute approximate surface area is 179 Å². The number of carbonyl (C=O) groups excluding carboxylic acids is 1. The largest absolute Gasteiger partial charge is 0.494 e. The number of ketones is 1. The number of aryl methyl sites for hydroxylation is 1. The lowest BCUT2D eigenvalue weighted by Crippen LogP contribution is -2.05. The van der Waals surface area contributed by atoms with Gasteiger partial charge in [-0.3, -0.25) is 9.20 Å². The van der Waals surface area contributed by atoms with Crippen molar-refractivity contribution in [2.45, 2.75) is 25.3 Å². The van der Waals surface area contributed by atoms with Gasteiger partial charge in [-0.1, -0.05) is 30.8 Å². The van der Waals surface area contributed by atoms with Crippen molar-refractivity contribution in [1.29, 1.82) is 5.26 Å². The molecule has 2 aromatic heterocycles. The number of pyridine rings is 1. The van der Waals surface area contributed by atoms with Crippen LogP contribution in [0.5, 0.6) is 5.75 Å². The minimum Gasteiger partial charge on any atom is -0.494 e. The lowest BCUT2D eigenvalue weighted by Gasteiger charge is -2.11. The van der Waals surface area contributed by atoms with E-state index in [1.807, 2.05) is 60.7 Å². The number of benzene rings is 2. The van der Waals surface area contributed by atoms with E-state index in [0.29, 0.717) is 29.1 Å². The first-order valence-corrected chi connectivity index (χ1v) is 10.9. The van der Waals surface area contributed by atoms with Gasteiger partial charge >= 0.3 is 0 Å². The zero-order valence-electron chi connectivity index (χ0n) is 16.9. The minimum atomic E-state index is 0.0445. The van der Waals surface area contributed by atoms with Crippen LogP contribution in [0.3, 0.4) is 0 Å². The predicted octanol–water partition coefficient (Wildman–Crippen LogP) is 5.30. The minimum absolute atomic E-state index is 0.0445. The van der Waals surface area contributed by atoms with Crippen molar-refractivity contribution in [3.63, 3.8) is 0 Å². The van der Waals surface area contributed by atoms with Crippen LogP contribution in [0.2, 0.25) is 0 Å². The van der Waals surface area contributed by atoms with Crippen molar-refractivity contribution < 1.29 is 9.53 Å². The molecule has 0 aliphatic rings. The Kier molecular flexibility index (Phi) is 5.73. The summed E-state index contributed by atoms with van der Waals surface area (Å²) in [5.41, 5.74) is 4.60. The van der Waals surface area contributed by atoms with E-state index >= 15 is 0 Å². The van der Waals surface area contributed by atoms with Crippen LogP contribution in [-0.2, 0) is 6.42 Å². The standard InChI is InChI=1S/C24H21N3O2S/c1-3-16-13-23(30-15-22(28)17-9-11-18(12-10-17)29-4-2)27-21-8-6-5-7-20(21)26-24(27)19(16)14-25/h5-13H,3-4,15H2,1-2H3. The van der Waals surface area contributed by atoms with Crippen molar-refractivity contribution >= 4 is 34.2 Å². The van der Waals surface area contributed by atoms with E-state index in [-0.39, 0.29) is 5.78 Å². The summed E-state index contributed by atoms with van der Waals surface area (Å²) in [6, 6.07) is 19.4. The molecule has 30 heavy (non-hydrogen) atoms. The van der Waals surface area contributed by atoms with Crippen LogP contribution in [0.1, 0.15) is 35.3 Å². The van der Waals surface area contributed by atoms with E-state index < -0.39 is 0 Å². The van der Waals surface area contributed by atoms with Gasteiger partial charge in [-0.05, 0) is 61.4 Å². The molecule has 0 bridgehead atoms. The number of para-hydroxylation sites is 2. The lowest BCUT2D eigenvalue weighted by atomic mass is 10.1. The molecule has 0 N–H and O–H groups in total. The Hall–Kier alpha value is -3.30. The second-order valence-electron chi connectivity index (χ2n) is 6.78. The second-order valence-corrected chi connectivity index (χ2v) is 7.77. The van der Waals surface area contributed by atoms with Gasteiger partial charge in [-0.2, -0.15) is 5.26 Å². The van der Waals surface area contributed by atoms with Gasteiger partial charge < -0.3 is 4.74 Å². The maximum absolute atomic E-state index is 12.8. The molecule has 2 aromatic carbocycles. The van der Waals surface area contributed by atoms with Crippen LogP contribution in [0.15, 0.2) is 59.6 Å². The van der Waals surface area contributed by atoms with Crippen molar-refractivity contribution in [1.82, 2.24) is 9.38 Å². The maximum Gasteiger partial charge on any atom is 0.173 e. The van der Waals surface area contributed by atoms with E-state index in [0.717, 1.165) is 33.8 Å². The fourth-order valence-corrected chi connectivity index (χ4v) is 4.46. The third-order valence-corrected chi connectivity index (χ3v) is 5.96. The number of nitrogens with zero attached hydrogens (tertiary/aromatic N) is 3. The number of hydrogen-bond acceptors (Lipinski definition) is 5. The quantitative estimate of drug-likeness (QED) is 0.303. The van der Waals surface area contributed by atoms with Crippen molar-refractivity contribution in [2.75, 3.05) is 12.4 Å². The Bertz CT molecular complexity index is 1270. The summed E-state index contributed by atoms with van der Waals surface area (Å²) in [7, 11) is 0. The second kappa shape index (κ2) is 8.60. The molecule has 0 aliphatic carbocycles. The van der Waals surface area contributed by atoms with Gasteiger partial charge in [0.05, 0.1) is 34.0 Å². The van der Waals surface area contributed by atoms with Crippen LogP contribution in [0.4, 0.5) is 0 Å². The van der Waals surface area contributed by atoms with Gasteiger partial charge in [-0.15, -0.1) is 0 Å². The molecule has 0 saturated carbocycles. The van der Waals surface area contributed by atoms with Crippen molar-refractivity contribution in [2.24, 2.45) is 0 Å². The number of Topliss-reactive ketones (excluding diaryl/α,β-unsaturated/α-hetero) is 1. The molecule has 4 rings (SSSR count). The topological polar surface area (TPSA) is 67.4 Å². The van der Waals surface area contributed by atoms with Gasteiger partial charge in [0.15, 0.2) is 11.4 Å². The maximum atomic E-state index is 12.8. The number of fused-ring (bicyclic) bond motifs is 3. The molecule has 0 fully saturated rings. The summed E-state index contributed by atoms with van der Waals surface area (Å²) >= 11 is 1.47. The van der Waals surface area contributed by atoms with Crippen LogP contribution in [0, 0.1) is 11.3 Å². The number of nitriles is 1. The molecule has 0 saturated heterocycles. The van der Waals surface area contributed by atoms with Gasteiger partial charge in [-0.25, -0.2) is 4.98 Å². The summed E-state index contributed by atoms with van der Waals surface area (Å²) < 4.78 is 7.43. The Morgan fingerprint density at radius 2 is 1.93 bits per heavy atom. The number of imidazole rings is 1. The molecule has 2 heterocycles. The number of ether oxygens (including phenoxy) is 1. The van der Waals surface area contributed by atoms with Crippen molar-refractivity contribution in [3.8, 4) is 11.8 Å². The highest BCUT2D eigenvalue weighted by Gasteiger charge is 2.17. The van der Waals surface area contributed by atoms with E-state index in [1.165, 1.54) is 11.8 Å². The van der Waals surface area contributed by atoms with Gasteiger partial charge in [0, 0.05) is 5.56 Å². The first kappa shape index (κ1) is 20.0. The lowest BCUT2D eigenvalue weighted by molar-refractivity contribution is 0.102. The molecule has 0 radical (unpaired) electrons. The van der Waals surface area contributed by atoms with Crippen molar-refractivity contribution in [3.05, 3.63) is 71.3 Å². The average Bonchev–Trinajstić information content (AvgIpc) is 3.17. The molecule has 0 amide bonds. The molecule has 0 unspecified atom stereocenters. The Morgan fingerprint density at radius 3 is 2.63 bits per heavy atom. The highest BCUT2D eigenvalue weighted by molar-refractivity contribution is 8.00. The number of carbonyl (C=O) groups is 1. The first-order valence-electron chi connectivity index (χ1n) is 9.88. The zero-order valence-corrected chi connectivity index (χ0v) is 17.7. The molecule has 4 aromatic rings. The van der Waals surface area contributed by atoms with E-state index in [1.54, 1.807) is 12.1 Å². The monoisotopic (exact) mass is 415 g/mol. The van der Waals surface area contributed by atoms with Gasteiger partial charge in [0.25, 0.3) is 0 Å². The van der Waals surface area contributed by atoms with Crippen LogP contribution < -0.4 is 4.74 Å². The SMILES string of the molecule is CCOc1ccc(C(=O)CSc2cc(CC)c(C#N)c3nc4ccccc4n23)cc1. The van der Waals surface area contributed by atoms with E-state index in [4.69, 9.17) is 9.72 Å². The highest BCUT2D eigenvalue weighted by Crippen LogP contribution is 2.30. The number of rotatable bonds is 7. The summed E-state index contributed by atoms with van der Waals surface area (Å²) in [6.07, 6.45) is 0.725. The summed E-state index contributed by atoms with van der Waals surface area (Å²) in [6.45, 7) is 4.55. The zero-order chi connectivity index (χ0) is 21.1. The van der Waals surface area contributed by atoms with Crippen LogP contribution in [-0.4, -0.2) is 27.5 Å². The average molecular weight is 416 g/mol. The van der Waals surface area contributed by atoms with Gasteiger partial charge in [0.1, 0.15) is 11.8 Å². The molecule has 0 aliphatic heterocycles. The highest BCUT2D eigenvalue weighted by atomic mass is 32.2. The summed E-state index contributed by atoms with van der Waals surface area (Å²) in [5, 5.41) is 10.6. The van der Waals surface area contributed by atoms with Gasteiger partial charge in [0.2, 0.25) is 0 Å². The third-order valence-electron chi connectivity index (χ3n) is 4.95. The molecule has 5 nitrogen and oxygen atoms in total. The summed E-state index contributed by atoms with van der Waals surface area (Å²) in [4.78, 5) is 17.5. The first-order chi connectivity index (χ1) is 14.7. The van der Waals surface area contributed by atoms with Crippen LogP contribution in [0.25, 0.3) is 16.7 Å². The molecule has 150 valence electrons. The Balaban J connectivity index is 1.70. The molecule has 0 spiro atoms. The molecule has 6 heteroatoms. The Morgan fingerprint density at radius 1 is 1.17 bits per heavy atom. The third kappa shape index (κ3) is 3.64. The fourth-order valence-electron chi connectivity index (χ4n) is 3.48. The smallest absolute Gasteiger partial charge is 0.173 e.